The monoisotopic (exact) mass is 248 g/mol. The van der Waals surface area contributed by atoms with Gasteiger partial charge in [0.25, 0.3) is 5.91 Å². The molecular formula is C13H20N4O. The Labute approximate surface area is 107 Å². The predicted octanol–water partition coefficient (Wildman–Crippen LogP) is 1.11. The maximum Gasteiger partial charge on any atom is 0.257 e. The second-order valence-electron chi connectivity index (χ2n) is 5.24. The van der Waals surface area contributed by atoms with Crippen LogP contribution in [0.2, 0.25) is 0 Å². The Morgan fingerprint density at radius 3 is 2.89 bits per heavy atom. The lowest BCUT2D eigenvalue weighted by atomic mass is 9.93. The van der Waals surface area contributed by atoms with Crippen molar-refractivity contribution in [2.24, 2.45) is 0 Å². The molecule has 1 aromatic rings. The molecule has 0 radical (unpaired) electrons. The van der Waals surface area contributed by atoms with Crippen LogP contribution < -0.4 is 5.32 Å². The average molecular weight is 248 g/mol. The zero-order valence-electron chi connectivity index (χ0n) is 10.6. The quantitative estimate of drug-likeness (QED) is 0.824. The zero-order valence-corrected chi connectivity index (χ0v) is 10.6. The summed E-state index contributed by atoms with van der Waals surface area (Å²) in [6.07, 6.45) is 6.26. The van der Waals surface area contributed by atoms with Crippen LogP contribution in [0.1, 0.15) is 47.7 Å². The largest absolute Gasteiger partial charge is 0.339 e. The summed E-state index contributed by atoms with van der Waals surface area (Å²) < 4.78 is 0. The number of aromatic nitrogens is 2. The van der Waals surface area contributed by atoms with E-state index in [9.17, 15) is 4.79 Å². The van der Waals surface area contributed by atoms with Crippen LogP contribution in [0.4, 0.5) is 0 Å². The molecule has 3 heterocycles. The van der Waals surface area contributed by atoms with Gasteiger partial charge in [-0.15, -0.1) is 0 Å². The van der Waals surface area contributed by atoms with Crippen LogP contribution in [0.5, 0.6) is 0 Å². The third-order valence-corrected chi connectivity index (χ3v) is 4.00. The number of carbonyl (C=O) groups is 1. The summed E-state index contributed by atoms with van der Waals surface area (Å²) in [4.78, 5) is 14.4. The highest BCUT2D eigenvalue weighted by Gasteiger charge is 2.27. The average Bonchev–Trinajstić information content (AvgIpc) is 3.10. The Morgan fingerprint density at radius 1 is 1.33 bits per heavy atom. The van der Waals surface area contributed by atoms with Gasteiger partial charge in [0.2, 0.25) is 0 Å². The Balaban J connectivity index is 1.79. The van der Waals surface area contributed by atoms with Gasteiger partial charge in [-0.25, -0.2) is 0 Å². The van der Waals surface area contributed by atoms with Crippen molar-refractivity contribution in [3.05, 3.63) is 17.5 Å². The minimum Gasteiger partial charge on any atom is -0.339 e. The van der Waals surface area contributed by atoms with E-state index in [-0.39, 0.29) is 5.91 Å². The number of hydrogen-bond donors (Lipinski definition) is 2. The van der Waals surface area contributed by atoms with Gasteiger partial charge in [0, 0.05) is 25.6 Å². The lowest BCUT2D eigenvalue weighted by Crippen LogP contribution is -2.32. The van der Waals surface area contributed by atoms with Gasteiger partial charge >= 0.3 is 0 Å². The number of aromatic amines is 1. The van der Waals surface area contributed by atoms with Crippen molar-refractivity contribution in [2.45, 2.75) is 31.6 Å². The van der Waals surface area contributed by atoms with Crippen molar-refractivity contribution < 1.29 is 4.79 Å². The van der Waals surface area contributed by atoms with Crippen LogP contribution in [0.25, 0.3) is 0 Å². The smallest absolute Gasteiger partial charge is 0.257 e. The molecule has 98 valence electrons. The number of likely N-dealkylation sites (tertiary alicyclic amines) is 1. The number of piperidine rings is 1. The second kappa shape index (κ2) is 5.10. The lowest BCUT2D eigenvalue weighted by molar-refractivity contribution is 0.0791. The first kappa shape index (κ1) is 11.7. The molecule has 1 aromatic heterocycles. The third kappa shape index (κ3) is 2.14. The molecule has 1 atom stereocenters. The maximum atomic E-state index is 12.4. The maximum absolute atomic E-state index is 12.4. The van der Waals surface area contributed by atoms with Crippen molar-refractivity contribution in [3.8, 4) is 0 Å². The number of nitrogens with zero attached hydrogens (tertiary/aromatic N) is 2. The third-order valence-electron chi connectivity index (χ3n) is 4.00. The number of H-pyrrole nitrogens is 1. The van der Waals surface area contributed by atoms with Gasteiger partial charge in [0.1, 0.15) is 0 Å². The van der Waals surface area contributed by atoms with E-state index in [1.807, 2.05) is 4.90 Å². The molecule has 0 aromatic carbocycles. The first-order chi connectivity index (χ1) is 8.86. The minimum absolute atomic E-state index is 0.154. The first-order valence-corrected chi connectivity index (χ1v) is 6.89. The molecule has 0 saturated carbocycles. The summed E-state index contributed by atoms with van der Waals surface area (Å²) in [5, 5.41) is 10.5. The fourth-order valence-electron chi connectivity index (χ4n) is 2.97. The molecule has 18 heavy (non-hydrogen) atoms. The number of amides is 1. The molecule has 5 nitrogen and oxygen atoms in total. The number of carbonyl (C=O) groups excluding carboxylic acids is 1. The second-order valence-corrected chi connectivity index (χ2v) is 5.24. The molecule has 2 saturated heterocycles. The standard InChI is InChI=1S/C13H20N4O/c18-13(17-6-1-2-7-17)11-9-15-16-12(11)10-4-3-5-14-8-10/h9-10,14H,1-8H2,(H,15,16). The van der Waals surface area contributed by atoms with E-state index in [0.717, 1.165) is 56.7 Å². The fraction of sp³-hybridized carbons (Fsp3) is 0.692. The van der Waals surface area contributed by atoms with Gasteiger partial charge in [-0.05, 0) is 32.2 Å². The van der Waals surface area contributed by atoms with Gasteiger partial charge in [0.15, 0.2) is 0 Å². The number of hydrogen-bond acceptors (Lipinski definition) is 3. The van der Waals surface area contributed by atoms with Crippen LogP contribution >= 0.6 is 0 Å². The Hall–Kier alpha value is -1.36. The first-order valence-electron chi connectivity index (χ1n) is 6.89. The highest BCUT2D eigenvalue weighted by atomic mass is 16.2. The van der Waals surface area contributed by atoms with E-state index in [1.54, 1.807) is 6.20 Å². The van der Waals surface area contributed by atoms with Crippen LogP contribution in [0, 0.1) is 0 Å². The summed E-state index contributed by atoms with van der Waals surface area (Å²) in [6, 6.07) is 0. The minimum atomic E-state index is 0.154. The van der Waals surface area contributed by atoms with Crippen LogP contribution in [0.3, 0.4) is 0 Å². The lowest BCUT2D eigenvalue weighted by Gasteiger charge is -2.23. The van der Waals surface area contributed by atoms with E-state index in [1.165, 1.54) is 6.42 Å². The summed E-state index contributed by atoms with van der Waals surface area (Å²) in [5.41, 5.74) is 1.81. The van der Waals surface area contributed by atoms with Crippen molar-refractivity contribution in [1.82, 2.24) is 20.4 Å². The van der Waals surface area contributed by atoms with E-state index in [4.69, 9.17) is 0 Å². The summed E-state index contributed by atoms with van der Waals surface area (Å²) in [5.74, 6) is 0.560. The van der Waals surface area contributed by atoms with Crippen LogP contribution in [-0.4, -0.2) is 47.2 Å². The Kier molecular flexibility index (Phi) is 3.32. The Morgan fingerprint density at radius 2 is 2.17 bits per heavy atom. The van der Waals surface area contributed by atoms with Gasteiger partial charge in [-0.1, -0.05) is 0 Å². The van der Waals surface area contributed by atoms with Gasteiger partial charge in [-0.2, -0.15) is 5.10 Å². The topological polar surface area (TPSA) is 61.0 Å². The van der Waals surface area contributed by atoms with Crippen molar-refractivity contribution in [3.63, 3.8) is 0 Å². The van der Waals surface area contributed by atoms with Crippen molar-refractivity contribution >= 4 is 5.91 Å². The molecule has 3 rings (SSSR count). The number of nitrogens with one attached hydrogen (secondary N) is 2. The molecular weight excluding hydrogens is 228 g/mol. The van der Waals surface area contributed by atoms with Crippen LogP contribution in [-0.2, 0) is 0 Å². The summed E-state index contributed by atoms with van der Waals surface area (Å²) in [7, 11) is 0. The molecule has 0 spiro atoms. The predicted molar refractivity (Wildman–Crippen MR) is 68.6 cm³/mol. The van der Waals surface area contributed by atoms with E-state index in [2.05, 4.69) is 15.5 Å². The summed E-state index contributed by atoms with van der Waals surface area (Å²) >= 11 is 0. The molecule has 5 heteroatoms. The number of rotatable bonds is 2. The molecule has 0 bridgehead atoms. The molecule has 2 aliphatic rings. The van der Waals surface area contributed by atoms with E-state index < -0.39 is 0 Å². The normalized spacial score (nSPS) is 24.4. The van der Waals surface area contributed by atoms with Crippen molar-refractivity contribution in [2.75, 3.05) is 26.2 Å². The van der Waals surface area contributed by atoms with Gasteiger partial charge < -0.3 is 10.2 Å². The molecule has 2 N–H and O–H groups in total. The zero-order chi connectivity index (χ0) is 12.4. The van der Waals surface area contributed by atoms with Crippen LogP contribution in [0.15, 0.2) is 6.20 Å². The molecule has 0 aliphatic carbocycles. The Bertz CT molecular complexity index is 416. The molecule has 1 unspecified atom stereocenters. The molecule has 2 fully saturated rings. The van der Waals surface area contributed by atoms with Crippen molar-refractivity contribution in [1.29, 1.82) is 0 Å². The molecule has 2 aliphatic heterocycles. The summed E-state index contributed by atoms with van der Waals surface area (Å²) in [6.45, 7) is 3.82. The highest BCUT2D eigenvalue weighted by molar-refractivity contribution is 5.95. The van der Waals surface area contributed by atoms with E-state index >= 15 is 0 Å². The van der Waals surface area contributed by atoms with Gasteiger partial charge in [-0.3, -0.25) is 9.89 Å². The fourth-order valence-corrected chi connectivity index (χ4v) is 2.97. The SMILES string of the molecule is O=C(c1cn[nH]c1C1CCCNC1)N1CCCC1. The van der Waals surface area contributed by atoms with Gasteiger partial charge in [0.05, 0.1) is 17.5 Å². The highest BCUT2D eigenvalue weighted by Crippen LogP contribution is 2.25. The molecule has 1 amide bonds. The van der Waals surface area contributed by atoms with E-state index in [0.29, 0.717) is 5.92 Å².